The molecule has 1 unspecified atom stereocenters. The molecule has 19 heavy (non-hydrogen) atoms. The van der Waals surface area contributed by atoms with E-state index in [2.05, 4.69) is 0 Å². The highest BCUT2D eigenvalue weighted by molar-refractivity contribution is 5.88. The van der Waals surface area contributed by atoms with Gasteiger partial charge >= 0.3 is 5.97 Å². The monoisotopic (exact) mass is 260 g/mol. The van der Waals surface area contributed by atoms with Gasteiger partial charge < -0.3 is 14.6 Å². The van der Waals surface area contributed by atoms with Crippen LogP contribution >= 0.6 is 0 Å². The average molecular weight is 260 g/mol. The number of carboxylic acids is 1. The Kier molecular flexibility index (Phi) is 4.36. The highest BCUT2D eigenvalue weighted by Gasteiger charge is 2.18. The Morgan fingerprint density at radius 3 is 2.68 bits per heavy atom. The number of fused-ring (bicyclic) bond motifs is 1. The lowest BCUT2D eigenvalue weighted by Gasteiger charge is -2.14. The van der Waals surface area contributed by atoms with Crippen LogP contribution in [0.2, 0.25) is 0 Å². The zero-order valence-electron chi connectivity index (χ0n) is 10.7. The number of hydrogen-bond donors (Lipinski definition) is 1. The molecule has 0 spiro atoms. The number of rotatable bonds is 6. The number of carboxylic acid groups (broad SMARTS) is 1. The van der Waals surface area contributed by atoms with Crippen molar-refractivity contribution in [1.82, 2.24) is 0 Å². The number of carbonyl (C=O) groups is 1. The van der Waals surface area contributed by atoms with Gasteiger partial charge in [0.2, 0.25) is 0 Å². The fraction of sp³-hybridized carbons (Fsp3) is 0.267. The molecule has 4 heteroatoms. The maximum Gasteiger partial charge on any atom is 0.336 e. The largest absolute Gasteiger partial charge is 0.490 e. The van der Waals surface area contributed by atoms with Crippen molar-refractivity contribution in [2.24, 2.45) is 0 Å². The Morgan fingerprint density at radius 2 is 1.95 bits per heavy atom. The second-order valence-electron chi connectivity index (χ2n) is 4.07. The predicted octanol–water partition coefficient (Wildman–Crippen LogP) is 2.71. The van der Waals surface area contributed by atoms with E-state index in [0.717, 1.165) is 10.8 Å². The molecule has 100 valence electrons. The van der Waals surface area contributed by atoms with Gasteiger partial charge in [0.1, 0.15) is 12.4 Å². The molecule has 0 heterocycles. The van der Waals surface area contributed by atoms with Gasteiger partial charge in [-0.3, -0.25) is 0 Å². The van der Waals surface area contributed by atoms with Crippen molar-refractivity contribution in [3.8, 4) is 5.75 Å². The third-order valence-corrected chi connectivity index (χ3v) is 2.78. The zero-order chi connectivity index (χ0) is 13.7. The summed E-state index contributed by atoms with van der Waals surface area (Å²) in [6.45, 7) is 2.10. The van der Waals surface area contributed by atoms with E-state index >= 15 is 0 Å². The molecule has 0 saturated carbocycles. The summed E-state index contributed by atoms with van der Waals surface area (Å²) in [6.07, 6.45) is -0.941. The molecule has 1 N–H and O–H groups in total. The van der Waals surface area contributed by atoms with Gasteiger partial charge in [0, 0.05) is 12.0 Å². The van der Waals surface area contributed by atoms with Gasteiger partial charge in [-0.25, -0.2) is 4.79 Å². The minimum atomic E-state index is -1.01. The molecule has 2 aromatic rings. The Balaban J connectivity index is 2.15. The van der Waals surface area contributed by atoms with E-state index in [1.165, 1.54) is 0 Å². The van der Waals surface area contributed by atoms with E-state index in [1.807, 2.05) is 42.5 Å². The molecule has 1 atom stereocenters. The zero-order valence-corrected chi connectivity index (χ0v) is 10.7. The van der Waals surface area contributed by atoms with E-state index in [4.69, 9.17) is 14.6 Å². The normalized spacial score (nSPS) is 12.3. The van der Waals surface area contributed by atoms with Gasteiger partial charge in [0.15, 0.2) is 6.10 Å². The van der Waals surface area contributed by atoms with E-state index in [9.17, 15) is 4.79 Å². The van der Waals surface area contributed by atoms with Crippen LogP contribution in [0.25, 0.3) is 10.8 Å². The van der Waals surface area contributed by atoms with Crippen LogP contribution in [0.5, 0.6) is 5.75 Å². The van der Waals surface area contributed by atoms with Crippen LogP contribution in [0, 0.1) is 0 Å². The first-order chi connectivity index (χ1) is 9.22. The fourth-order valence-electron chi connectivity index (χ4n) is 1.88. The van der Waals surface area contributed by atoms with Crippen molar-refractivity contribution in [3.63, 3.8) is 0 Å². The van der Waals surface area contributed by atoms with Gasteiger partial charge in [0.25, 0.3) is 0 Å². The smallest absolute Gasteiger partial charge is 0.336 e. The SMILES string of the molecule is CCOC(COc1cccc2ccccc12)C(=O)O. The Morgan fingerprint density at radius 1 is 1.21 bits per heavy atom. The summed E-state index contributed by atoms with van der Waals surface area (Å²) in [6, 6.07) is 13.5. The third kappa shape index (κ3) is 3.23. The molecule has 4 nitrogen and oxygen atoms in total. The molecular weight excluding hydrogens is 244 g/mol. The number of aliphatic carboxylic acids is 1. The predicted molar refractivity (Wildman–Crippen MR) is 72.5 cm³/mol. The summed E-state index contributed by atoms with van der Waals surface area (Å²) in [7, 11) is 0. The lowest BCUT2D eigenvalue weighted by atomic mass is 10.1. The summed E-state index contributed by atoms with van der Waals surface area (Å²) in [5.74, 6) is -0.342. The quantitative estimate of drug-likeness (QED) is 0.867. The minimum Gasteiger partial charge on any atom is -0.490 e. The van der Waals surface area contributed by atoms with Crippen LogP contribution in [0.4, 0.5) is 0 Å². The first-order valence-electron chi connectivity index (χ1n) is 6.17. The van der Waals surface area contributed by atoms with Gasteiger partial charge in [-0.1, -0.05) is 36.4 Å². The van der Waals surface area contributed by atoms with Gasteiger partial charge in [-0.05, 0) is 18.4 Å². The molecule has 0 fully saturated rings. The van der Waals surface area contributed by atoms with Crippen LogP contribution in [0.3, 0.4) is 0 Å². The summed E-state index contributed by atoms with van der Waals surface area (Å²) in [4.78, 5) is 11.0. The van der Waals surface area contributed by atoms with Crippen LogP contribution in [0.1, 0.15) is 6.92 Å². The standard InChI is InChI=1S/C15H16O4/c1-2-18-14(15(16)17)10-19-13-9-5-7-11-6-3-4-8-12(11)13/h3-9,14H,2,10H2,1H3,(H,16,17). The Labute approximate surface area is 111 Å². The maximum atomic E-state index is 11.0. The van der Waals surface area contributed by atoms with Crippen molar-refractivity contribution in [2.75, 3.05) is 13.2 Å². The average Bonchev–Trinajstić information content (AvgIpc) is 2.43. The number of ether oxygens (including phenoxy) is 2. The summed E-state index contributed by atoms with van der Waals surface area (Å²) in [5, 5.41) is 11.0. The fourth-order valence-corrected chi connectivity index (χ4v) is 1.88. The van der Waals surface area contributed by atoms with Gasteiger partial charge in [-0.2, -0.15) is 0 Å². The molecule has 2 aromatic carbocycles. The van der Waals surface area contributed by atoms with Crippen molar-refractivity contribution in [1.29, 1.82) is 0 Å². The Hall–Kier alpha value is -2.07. The van der Waals surface area contributed by atoms with E-state index in [1.54, 1.807) is 6.92 Å². The molecule has 0 amide bonds. The highest BCUT2D eigenvalue weighted by atomic mass is 16.5. The van der Waals surface area contributed by atoms with Crippen LogP contribution in [-0.2, 0) is 9.53 Å². The first kappa shape index (κ1) is 13.4. The van der Waals surface area contributed by atoms with Gasteiger partial charge in [-0.15, -0.1) is 0 Å². The van der Waals surface area contributed by atoms with E-state index in [0.29, 0.717) is 12.4 Å². The topological polar surface area (TPSA) is 55.8 Å². The number of hydrogen-bond acceptors (Lipinski definition) is 3. The van der Waals surface area contributed by atoms with Crippen molar-refractivity contribution >= 4 is 16.7 Å². The molecule has 0 aliphatic heterocycles. The molecule has 0 aromatic heterocycles. The summed E-state index contributed by atoms with van der Waals surface area (Å²) < 4.78 is 10.7. The maximum absolute atomic E-state index is 11.0. The van der Waals surface area contributed by atoms with Gasteiger partial charge in [0.05, 0.1) is 0 Å². The Bertz CT molecular complexity index is 560. The highest BCUT2D eigenvalue weighted by Crippen LogP contribution is 2.25. The van der Waals surface area contributed by atoms with Crippen LogP contribution in [0.15, 0.2) is 42.5 Å². The van der Waals surface area contributed by atoms with Crippen LogP contribution in [-0.4, -0.2) is 30.4 Å². The summed E-state index contributed by atoms with van der Waals surface area (Å²) >= 11 is 0. The molecule has 0 bridgehead atoms. The third-order valence-electron chi connectivity index (χ3n) is 2.78. The van der Waals surface area contributed by atoms with Crippen molar-refractivity contribution in [2.45, 2.75) is 13.0 Å². The lowest BCUT2D eigenvalue weighted by Crippen LogP contribution is -2.30. The van der Waals surface area contributed by atoms with E-state index < -0.39 is 12.1 Å². The molecule has 0 radical (unpaired) electrons. The molecule has 0 aliphatic carbocycles. The molecule has 0 saturated heterocycles. The lowest BCUT2D eigenvalue weighted by molar-refractivity contribution is -0.151. The van der Waals surface area contributed by atoms with Crippen molar-refractivity contribution in [3.05, 3.63) is 42.5 Å². The first-order valence-corrected chi connectivity index (χ1v) is 6.17. The van der Waals surface area contributed by atoms with Crippen molar-refractivity contribution < 1.29 is 19.4 Å². The molecular formula is C15H16O4. The second kappa shape index (κ2) is 6.20. The number of benzene rings is 2. The second-order valence-corrected chi connectivity index (χ2v) is 4.07. The molecule has 0 aliphatic rings. The van der Waals surface area contributed by atoms with Crippen LogP contribution < -0.4 is 4.74 Å². The summed E-state index contributed by atoms with van der Waals surface area (Å²) in [5.41, 5.74) is 0. The van der Waals surface area contributed by atoms with E-state index in [-0.39, 0.29) is 6.61 Å². The molecule has 2 rings (SSSR count). The minimum absolute atomic E-state index is 0.00280.